The number of aliphatic carboxylic acids is 1. The number of ether oxygens (including phenoxy) is 1. The minimum absolute atomic E-state index is 0.0515. The lowest BCUT2D eigenvalue weighted by Gasteiger charge is -2.30. The van der Waals surface area contributed by atoms with Gasteiger partial charge in [-0.2, -0.15) is 0 Å². The van der Waals surface area contributed by atoms with Gasteiger partial charge in [0.15, 0.2) is 0 Å². The van der Waals surface area contributed by atoms with Crippen LogP contribution in [-0.2, 0) is 9.53 Å². The Bertz CT molecular complexity index is 306. The molecule has 0 aromatic carbocycles. The minimum atomic E-state index is -0.678. The molecule has 1 aliphatic heterocycles. The van der Waals surface area contributed by atoms with E-state index in [1.54, 1.807) is 0 Å². The van der Waals surface area contributed by atoms with Crippen molar-refractivity contribution in [3.8, 4) is 0 Å². The van der Waals surface area contributed by atoms with Crippen molar-refractivity contribution in [3.05, 3.63) is 12.2 Å². The van der Waals surface area contributed by atoms with Crippen molar-refractivity contribution in [1.29, 1.82) is 0 Å². The van der Waals surface area contributed by atoms with Crippen LogP contribution >= 0.6 is 0 Å². The fourth-order valence-corrected chi connectivity index (χ4v) is 2.70. The highest BCUT2D eigenvalue weighted by molar-refractivity contribution is 5.76. The van der Waals surface area contributed by atoms with Crippen LogP contribution in [0.2, 0.25) is 0 Å². The molecule has 3 heteroatoms. The van der Waals surface area contributed by atoms with Crippen molar-refractivity contribution in [2.75, 3.05) is 6.61 Å². The van der Waals surface area contributed by atoms with Crippen LogP contribution in [0, 0.1) is 11.3 Å². The van der Waals surface area contributed by atoms with Crippen LogP contribution in [0.15, 0.2) is 12.2 Å². The highest BCUT2D eigenvalue weighted by atomic mass is 16.5. The Labute approximate surface area is 96.5 Å². The zero-order valence-corrected chi connectivity index (χ0v) is 9.87. The number of carboxylic acid groups (broad SMARTS) is 1. The van der Waals surface area contributed by atoms with Gasteiger partial charge in [0.25, 0.3) is 0 Å². The molecular formula is C13H20O3. The third-order valence-electron chi connectivity index (χ3n) is 3.86. The Morgan fingerprint density at radius 2 is 2.25 bits per heavy atom. The molecule has 2 aliphatic rings. The second kappa shape index (κ2) is 4.21. The molecule has 3 nitrogen and oxygen atoms in total. The van der Waals surface area contributed by atoms with Crippen LogP contribution in [0.5, 0.6) is 0 Å². The number of carboxylic acids is 1. The molecule has 0 radical (unpaired) electrons. The summed E-state index contributed by atoms with van der Waals surface area (Å²) < 4.78 is 5.68. The van der Waals surface area contributed by atoms with E-state index in [-0.39, 0.29) is 6.10 Å². The molecule has 0 aromatic heterocycles. The van der Waals surface area contributed by atoms with E-state index in [2.05, 4.69) is 6.58 Å². The molecule has 2 rings (SSSR count). The fourth-order valence-electron chi connectivity index (χ4n) is 2.70. The molecule has 2 fully saturated rings. The number of allylic oxidation sites excluding steroid dienone is 1. The standard InChI is InChI=1S/C13H20O3/c1-9(2)5-6-13(12(14)15)7-8-16-11(13)10-3-4-10/h10-11H,1,3-8H2,2H3,(H,14,15). The Balaban J connectivity index is 2.12. The smallest absolute Gasteiger partial charge is 0.312 e. The van der Waals surface area contributed by atoms with E-state index in [1.807, 2.05) is 6.92 Å². The number of hydrogen-bond donors (Lipinski definition) is 1. The summed E-state index contributed by atoms with van der Waals surface area (Å²) in [4.78, 5) is 11.6. The van der Waals surface area contributed by atoms with E-state index >= 15 is 0 Å². The first-order valence-electron chi connectivity index (χ1n) is 6.05. The van der Waals surface area contributed by atoms with E-state index < -0.39 is 11.4 Å². The fraction of sp³-hybridized carbons (Fsp3) is 0.769. The molecular weight excluding hydrogens is 204 g/mol. The Morgan fingerprint density at radius 3 is 2.75 bits per heavy atom. The molecule has 1 saturated heterocycles. The molecule has 1 N–H and O–H groups in total. The largest absolute Gasteiger partial charge is 0.481 e. The van der Waals surface area contributed by atoms with Gasteiger partial charge in [0.2, 0.25) is 0 Å². The SMILES string of the molecule is C=C(C)CCC1(C(=O)O)CCOC1C1CC1. The predicted octanol–water partition coefficient (Wildman–Crippen LogP) is 2.61. The molecule has 2 atom stereocenters. The lowest BCUT2D eigenvalue weighted by atomic mass is 9.74. The summed E-state index contributed by atoms with van der Waals surface area (Å²) in [5.41, 5.74) is 0.419. The quantitative estimate of drug-likeness (QED) is 0.730. The molecule has 1 heterocycles. The van der Waals surface area contributed by atoms with Crippen molar-refractivity contribution in [2.45, 2.75) is 45.1 Å². The molecule has 90 valence electrons. The van der Waals surface area contributed by atoms with Gasteiger partial charge in [0, 0.05) is 6.61 Å². The van der Waals surface area contributed by atoms with Crippen LogP contribution in [0.25, 0.3) is 0 Å². The van der Waals surface area contributed by atoms with Crippen molar-refractivity contribution in [1.82, 2.24) is 0 Å². The molecule has 2 unspecified atom stereocenters. The molecule has 1 saturated carbocycles. The van der Waals surface area contributed by atoms with Crippen LogP contribution in [0.4, 0.5) is 0 Å². The number of hydrogen-bond acceptors (Lipinski definition) is 2. The second-order valence-corrected chi connectivity index (χ2v) is 5.30. The monoisotopic (exact) mass is 224 g/mol. The maximum Gasteiger partial charge on any atom is 0.312 e. The van der Waals surface area contributed by atoms with Crippen molar-refractivity contribution < 1.29 is 14.6 Å². The van der Waals surface area contributed by atoms with E-state index in [4.69, 9.17) is 4.74 Å². The van der Waals surface area contributed by atoms with Crippen molar-refractivity contribution in [3.63, 3.8) is 0 Å². The summed E-state index contributed by atoms with van der Waals surface area (Å²) in [6, 6.07) is 0. The lowest BCUT2D eigenvalue weighted by molar-refractivity contribution is -0.153. The normalized spacial score (nSPS) is 33.9. The summed E-state index contributed by atoms with van der Waals surface area (Å²) in [5.74, 6) is -0.188. The van der Waals surface area contributed by atoms with Gasteiger partial charge >= 0.3 is 5.97 Å². The van der Waals surface area contributed by atoms with Gasteiger partial charge in [0.05, 0.1) is 11.5 Å². The van der Waals surface area contributed by atoms with Gasteiger partial charge in [-0.3, -0.25) is 4.79 Å². The van der Waals surface area contributed by atoms with Gasteiger partial charge < -0.3 is 9.84 Å². The number of carbonyl (C=O) groups is 1. The van der Waals surface area contributed by atoms with Crippen LogP contribution in [0.1, 0.15) is 39.0 Å². The number of rotatable bonds is 5. The van der Waals surface area contributed by atoms with E-state index in [9.17, 15) is 9.90 Å². The first kappa shape index (κ1) is 11.6. The average Bonchev–Trinajstić information content (AvgIpc) is 2.95. The molecule has 0 amide bonds. The molecule has 1 aliphatic carbocycles. The third-order valence-corrected chi connectivity index (χ3v) is 3.86. The molecule has 0 aromatic rings. The van der Waals surface area contributed by atoms with Crippen LogP contribution in [-0.4, -0.2) is 23.8 Å². The highest BCUT2D eigenvalue weighted by Crippen LogP contribution is 2.50. The third kappa shape index (κ3) is 2.01. The highest BCUT2D eigenvalue weighted by Gasteiger charge is 2.55. The zero-order valence-electron chi connectivity index (χ0n) is 9.87. The molecule has 16 heavy (non-hydrogen) atoms. The van der Waals surface area contributed by atoms with E-state index in [0.29, 0.717) is 25.4 Å². The Kier molecular flexibility index (Phi) is 3.06. The van der Waals surface area contributed by atoms with Gasteiger partial charge in [-0.15, -0.1) is 6.58 Å². The lowest BCUT2D eigenvalue weighted by Crippen LogP contribution is -2.40. The maximum atomic E-state index is 11.6. The average molecular weight is 224 g/mol. The molecule has 0 spiro atoms. The van der Waals surface area contributed by atoms with Crippen LogP contribution < -0.4 is 0 Å². The van der Waals surface area contributed by atoms with E-state index in [0.717, 1.165) is 24.8 Å². The summed E-state index contributed by atoms with van der Waals surface area (Å²) in [5, 5.41) is 9.51. The summed E-state index contributed by atoms with van der Waals surface area (Å²) in [6.07, 6.45) is 4.35. The van der Waals surface area contributed by atoms with Gasteiger partial charge in [-0.1, -0.05) is 5.57 Å². The second-order valence-electron chi connectivity index (χ2n) is 5.30. The van der Waals surface area contributed by atoms with Crippen molar-refractivity contribution in [2.24, 2.45) is 11.3 Å². The van der Waals surface area contributed by atoms with Gasteiger partial charge in [-0.25, -0.2) is 0 Å². The summed E-state index contributed by atoms with van der Waals surface area (Å²) >= 11 is 0. The van der Waals surface area contributed by atoms with E-state index in [1.165, 1.54) is 0 Å². The predicted molar refractivity (Wildman–Crippen MR) is 61.2 cm³/mol. The van der Waals surface area contributed by atoms with Crippen molar-refractivity contribution >= 4 is 5.97 Å². The summed E-state index contributed by atoms with van der Waals surface area (Å²) in [7, 11) is 0. The Morgan fingerprint density at radius 1 is 1.56 bits per heavy atom. The minimum Gasteiger partial charge on any atom is -0.481 e. The Hall–Kier alpha value is -0.830. The maximum absolute atomic E-state index is 11.6. The van der Waals surface area contributed by atoms with Gasteiger partial charge in [-0.05, 0) is 44.9 Å². The molecule has 0 bridgehead atoms. The zero-order chi connectivity index (χ0) is 11.8. The summed E-state index contributed by atoms with van der Waals surface area (Å²) in [6.45, 7) is 6.41. The van der Waals surface area contributed by atoms with Gasteiger partial charge in [0.1, 0.15) is 0 Å². The topological polar surface area (TPSA) is 46.5 Å². The first-order valence-corrected chi connectivity index (χ1v) is 6.05. The first-order chi connectivity index (χ1) is 7.56. The van der Waals surface area contributed by atoms with Crippen LogP contribution in [0.3, 0.4) is 0 Å².